The quantitative estimate of drug-likeness (QED) is 0.827. The summed E-state index contributed by atoms with van der Waals surface area (Å²) in [7, 11) is 0. The Morgan fingerprint density at radius 2 is 2.30 bits per heavy atom. The van der Waals surface area contributed by atoms with Crippen LogP contribution in [0.25, 0.3) is 0 Å². The number of carbonyl (C=O) groups is 1. The molecule has 1 fully saturated rings. The zero-order chi connectivity index (χ0) is 15.4. The van der Waals surface area contributed by atoms with E-state index in [1.807, 2.05) is 24.3 Å². The lowest BCUT2D eigenvalue weighted by Crippen LogP contribution is -2.43. The van der Waals surface area contributed by atoms with Crippen molar-refractivity contribution in [2.75, 3.05) is 11.9 Å². The molecular formula is C15H19BrClN5O. The number of piperidine rings is 1. The largest absolute Gasteiger partial charge is 0.306 e. The minimum absolute atomic E-state index is 0. The highest BCUT2D eigenvalue weighted by atomic mass is 79.9. The van der Waals surface area contributed by atoms with Gasteiger partial charge in [0, 0.05) is 4.47 Å². The molecule has 1 amide bonds. The van der Waals surface area contributed by atoms with Gasteiger partial charge in [-0.25, -0.2) is 9.67 Å². The summed E-state index contributed by atoms with van der Waals surface area (Å²) in [6.07, 6.45) is 4.70. The molecule has 6 nitrogen and oxygen atoms in total. The van der Waals surface area contributed by atoms with Crippen LogP contribution < -0.4 is 10.6 Å². The maximum absolute atomic E-state index is 12.1. The number of anilines is 1. The molecule has 2 aromatic rings. The molecule has 0 radical (unpaired) electrons. The minimum Gasteiger partial charge on any atom is -0.306 e. The van der Waals surface area contributed by atoms with Gasteiger partial charge in [-0.2, -0.15) is 0 Å². The van der Waals surface area contributed by atoms with Crippen LogP contribution in [0.1, 0.15) is 24.8 Å². The van der Waals surface area contributed by atoms with E-state index in [1.165, 1.54) is 0 Å². The average Bonchev–Trinajstić information content (AvgIpc) is 2.95. The molecule has 3 rings (SSSR count). The van der Waals surface area contributed by atoms with Crippen molar-refractivity contribution >= 4 is 40.2 Å². The molecule has 1 aromatic heterocycles. The minimum atomic E-state index is -0.134. The molecule has 0 aliphatic carbocycles. The van der Waals surface area contributed by atoms with Crippen molar-refractivity contribution in [1.82, 2.24) is 20.1 Å². The van der Waals surface area contributed by atoms with Gasteiger partial charge in [0.25, 0.3) is 0 Å². The second-order valence-corrected chi connectivity index (χ2v) is 6.30. The average molecular weight is 401 g/mol. The number of carbonyl (C=O) groups excluding carboxylic acids is 1. The van der Waals surface area contributed by atoms with E-state index in [0.717, 1.165) is 35.8 Å². The predicted octanol–water partition coefficient (Wildman–Crippen LogP) is 2.59. The molecule has 1 aliphatic rings. The fourth-order valence-corrected chi connectivity index (χ4v) is 2.97. The van der Waals surface area contributed by atoms with E-state index in [1.54, 1.807) is 11.0 Å². The number of nitrogens with zero attached hydrogens (tertiary/aromatic N) is 3. The van der Waals surface area contributed by atoms with Crippen molar-refractivity contribution in [3.05, 3.63) is 40.6 Å². The summed E-state index contributed by atoms with van der Waals surface area (Å²) in [5.74, 6) is 0.298. The highest BCUT2D eigenvalue weighted by molar-refractivity contribution is 9.10. The highest BCUT2D eigenvalue weighted by Gasteiger charge is 2.21. The van der Waals surface area contributed by atoms with Crippen molar-refractivity contribution in [2.45, 2.75) is 31.8 Å². The number of amides is 1. The molecule has 0 spiro atoms. The number of halogens is 2. The number of aromatic nitrogens is 3. The van der Waals surface area contributed by atoms with Gasteiger partial charge in [0.15, 0.2) is 0 Å². The smallest absolute Gasteiger partial charge is 0.248 e. The van der Waals surface area contributed by atoms with Gasteiger partial charge < -0.3 is 5.32 Å². The lowest BCUT2D eigenvalue weighted by molar-refractivity contribution is -0.118. The summed E-state index contributed by atoms with van der Waals surface area (Å²) >= 11 is 3.45. The van der Waals surface area contributed by atoms with Gasteiger partial charge >= 0.3 is 0 Å². The van der Waals surface area contributed by atoms with E-state index in [0.29, 0.717) is 12.5 Å². The summed E-state index contributed by atoms with van der Waals surface area (Å²) in [6.45, 7) is 1.51. The van der Waals surface area contributed by atoms with Crippen LogP contribution in [0.3, 0.4) is 0 Å². The van der Waals surface area contributed by atoms with Crippen molar-refractivity contribution in [3.8, 4) is 0 Å². The lowest BCUT2D eigenvalue weighted by Gasteiger charge is -2.21. The van der Waals surface area contributed by atoms with Crippen LogP contribution in [-0.4, -0.2) is 33.3 Å². The Morgan fingerprint density at radius 3 is 3.04 bits per heavy atom. The molecule has 1 aliphatic heterocycles. The number of nitrogens with one attached hydrogen (secondary N) is 2. The van der Waals surface area contributed by atoms with Crippen LogP contribution in [0.15, 0.2) is 35.1 Å². The maximum Gasteiger partial charge on any atom is 0.248 e. The fourth-order valence-electron chi connectivity index (χ4n) is 2.52. The SMILES string of the molecule is Cl.O=C(Nc1ncn(Cc2cccc(Br)c2)n1)C1CCCCN1. The molecule has 0 bridgehead atoms. The summed E-state index contributed by atoms with van der Waals surface area (Å²) in [5, 5.41) is 10.3. The van der Waals surface area contributed by atoms with Crippen LogP contribution in [0.2, 0.25) is 0 Å². The maximum atomic E-state index is 12.1. The van der Waals surface area contributed by atoms with Crippen LogP contribution in [0, 0.1) is 0 Å². The zero-order valence-electron chi connectivity index (χ0n) is 12.5. The topological polar surface area (TPSA) is 71.8 Å². The number of hydrogen-bond acceptors (Lipinski definition) is 4. The van der Waals surface area contributed by atoms with E-state index in [2.05, 4.69) is 36.6 Å². The van der Waals surface area contributed by atoms with E-state index in [4.69, 9.17) is 0 Å². The molecule has 1 saturated heterocycles. The van der Waals surface area contributed by atoms with Crippen LogP contribution in [0.4, 0.5) is 5.95 Å². The third-order valence-electron chi connectivity index (χ3n) is 3.63. The van der Waals surface area contributed by atoms with Gasteiger partial charge in [0.1, 0.15) is 6.33 Å². The first kappa shape index (κ1) is 17.9. The van der Waals surface area contributed by atoms with Gasteiger partial charge in [-0.1, -0.05) is 34.5 Å². The van der Waals surface area contributed by atoms with Gasteiger partial charge in [-0.15, -0.1) is 17.5 Å². The van der Waals surface area contributed by atoms with Crippen LogP contribution in [-0.2, 0) is 11.3 Å². The van der Waals surface area contributed by atoms with Gasteiger partial charge in [0.2, 0.25) is 11.9 Å². The molecule has 1 unspecified atom stereocenters. The molecule has 1 aromatic carbocycles. The molecule has 2 heterocycles. The molecule has 124 valence electrons. The Morgan fingerprint density at radius 1 is 1.43 bits per heavy atom. The van der Waals surface area contributed by atoms with E-state index in [9.17, 15) is 4.79 Å². The Kier molecular flexibility index (Phi) is 6.56. The van der Waals surface area contributed by atoms with Gasteiger partial charge in [0.05, 0.1) is 12.6 Å². The van der Waals surface area contributed by atoms with Gasteiger partial charge in [-0.05, 0) is 37.1 Å². The van der Waals surface area contributed by atoms with Crippen molar-refractivity contribution in [3.63, 3.8) is 0 Å². The Bertz CT molecular complexity index is 657. The first-order valence-corrected chi connectivity index (χ1v) is 8.18. The van der Waals surface area contributed by atoms with E-state index in [-0.39, 0.29) is 24.4 Å². The highest BCUT2D eigenvalue weighted by Crippen LogP contribution is 2.13. The van der Waals surface area contributed by atoms with Crippen molar-refractivity contribution in [2.24, 2.45) is 0 Å². The molecule has 2 N–H and O–H groups in total. The van der Waals surface area contributed by atoms with E-state index >= 15 is 0 Å². The standard InChI is InChI=1S/C15H18BrN5O.ClH/c16-12-5-3-4-11(8-12)9-21-10-18-15(20-21)19-14(22)13-6-1-2-7-17-13;/h3-5,8,10,13,17H,1-2,6-7,9H2,(H,19,20,22);1H. The third kappa shape index (κ3) is 5.02. The number of benzene rings is 1. The second kappa shape index (κ2) is 8.42. The molecule has 8 heteroatoms. The van der Waals surface area contributed by atoms with Crippen molar-refractivity contribution in [1.29, 1.82) is 0 Å². The predicted molar refractivity (Wildman–Crippen MR) is 94.8 cm³/mol. The molecule has 0 saturated carbocycles. The molecule has 1 atom stereocenters. The first-order valence-electron chi connectivity index (χ1n) is 7.39. The van der Waals surface area contributed by atoms with E-state index < -0.39 is 0 Å². The fraction of sp³-hybridized carbons (Fsp3) is 0.400. The van der Waals surface area contributed by atoms with Gasteiger partial charge in [-0.3, -0.25) is 10.1 Å². The van der Waals surface area contributed by atoms with Crippen LogP contribution in [0.5, 0.6) is 0 Å². The summed E-state index contributed by atoms with van der Waals surface area (Å²) in [6, 6.07) is 7.88. The molecule has 23 heavy (non-hydrogen) atoms. The lowest BCUT2D eigenvalue weighted by atomic mass is 10.0. The first-order chi connectivity index (χ1) is 10.7. The Hall–Kier alpha value is -1.44. The Labute approximate surface area is 149 Å². The summed E-state index contributed by atoms with van der Waals surface area (Å²) in [4.78, 5) is 16.3. The number of rotatable bonds is 4. The monoisotopic (exact) mass is 399 g/mol. The third-order valence-corrected chi connectivity index (χ3v) is 4.13. The Balaban J connectivity index is 0.00000192. The number of hydrogen-bond donors (Lipinski definition) is 2. The van der Waals surface area contributed by atoms with Crippen molar-refractivity contribution < 1.29 is 4.79 Å². The van der Waals surface area contributed by atoms with Crippen LogP contribution >= 0.6 is 28.3 Å². The summed E-state index contributed by atoms with van der Waals surface area (Å²) < 4.78 is 2.74. The second-order valence-electron chi connectivity index (χ2n) is 5.39. The zero-order valence-corrected chi connectivity index (χ0v) is 14.9. The normalized spacial score (nSPS) is 17.3. The molecular weight excluding hydrogens is 382 g/mol. The summed E-state index contributed by atoms with van der Waals surface area (Å²) in [5.41, 5.74) is 1.12.